The summed E-state index contributed by atoms with van der Waals surface area (Å²) in [6.45, 7) is 0. The first-order chi connectivity index (χ1) is 12.4. The largest absolute Gasteiger partial charge is 1.00 e. The molecule has 0 saturated carbocycles. The SMILES string of the molecule is O=C([O-])c1ccc2n[nH][n+]([O-])c2c1.O=C([O-])c1ccc2n[nH][n+]([O-])c2c1.[Na+].[Na+]. The molecule has 2 heterocycles. The molecule has 0 unspecified atom stereocenters. The van der Waals surface area contributed by atoms with Crippen molar-refractivity contribution in [2.45, 2.75) is 0 Å². The summed E-state index contributed by atoms with van der Waals surface area (Å²) < 4.78 is 0. The zero-order valence-electron chi connectivity index (χ0n) is 14.7. The Bertz CT molecular complexity index is 1050. The Morgan fingerprint density at radius 1 is 0.750 bits per heavy atom. The Labute approximate surface area is 199 Å². The van der Waals surface area contributed by atoms with E-state index in [1.165, 1.54) is 36.4 Å². The van der Waals surface area contributed by atoms with Gasteiger partial charge in [-0.1, -0.05) is 10.4 Å². The van der Waals surface area contributed by atoms with Crippen LogP contribution in [0.2, 0.25) is 0 Å². The molecule has 0 aliphatic rings. The molecule has 2 aromatic heterocycles. The fraction of sp³-hybridized carbons (Fsp3) is 0. The third-order valence-corrected chi connectivity index (χ3v) is 3.38. The Morgan fingerprint density at radius 3 is 1.43 bits per heavy atom. The van der Waals surface area contributed by atoms with Crippen molar-refractivity contribution in [2.75, 3.05) is 0 Å². The Morgan fingerprint density at radius 2 is 1.11 bits per heavy atom. The first-order valence-electron chi connectivity index (χ1n) is 6.95. The Balaban J connectivity index is 0.000000261. The number of benzene rings is 2. The molecule has 0 spiro atoms. The number of nitrogens with one attached hydrogen (secondary N) is 2. The smallest absolute Gasteiger partial charge is 0.692 e. The maximum absolute atomic E-state index is 10.9. The van der Waals surface area contributed by atoms with Crippen LogP contribution in [0.5, 0.6) is 0 Å². The van der Waals surface area contributed by atoms with E-state index in [1.54, 1.807) is 0 Å². The summed E-state index contributed by atoms with van der Waals surface area (Å²) in [6, 6.07) is 7.95. The number of H-pyrrole nitrogens is 2. The molecule has 28 heavy (non-hydrogen) atoms. The van der Waals surface area contributed by atoms with Crippen molar-refractivity contribution in [1.29, 1.82) is 0 Å². The number of fused-ring (bicyclic) bond motifs is 2. The molecule has 0 fully saturated rings. The standard InChI is InChI=1S/2C7H5N3O3.2Na/c2*11-7(12)4-1-2-5-6(3-4)10(13)9-8-5;;/h2*1-3,9H,(H,11,12);;/q;;2*+1/p-2. The summed E-state index contributed by atoms with van der Waals surface area (Å²) >= 11 is 0. The minimum absolute atomic E-state index is 0. The molecule has 0 aliphatic heterocycles. The molecule has 2 aromatic carbocycles. The van der Waals surface area contributed by atoms with E-state index >= 15 is 0 Å². The van der Waals surface area contributed by atoms with E-state index < -0.39 is 11.9 Å². The van der Waals surface area contributed by atoms with Gasteiger partial charge in [0, 0.05) is 33.5 Å². The number of aromatic nitrogens is 6. The summed E-state index contributed by atoms with van der Waals surface area (Å²) in [7, 11) is 0. The van der Waals surface area contributed by atoms with Crippen LogP contribution in [0.3, 0.4) is 0 Å². The van der Waals surface area contributed by atoms with Gasteiger partial charge in [0.05, 0.1) is 11.9 Å². The van der Waals surface area contributed by atoms with Gasteiger partial charge in [-0.15, -0.1) is 0 Å². The van der Waals surface area contributed by atoms with Crippen molar-refractivity contribution in [2.24, 2.45) is 0 Å². The van der Waals surface area contributed by atoms with E-state index in [-0.39, 0.29) is 81.3 Å². The van der Waals surface area contributed by atoms with Gasteiger partial charge in [-0.25, -0.2) is 0 Å². The van der Waals surface area contributed by atoms with Crippen molar-refractivity contribution in [3.63, 3.8) is 0 Å². The van der Waals surface area contributed by atoms with Gasteiger partial charge in [-0.05, 0) is 24.3 Å². The van der Waals surface area contributed by atoms with E-state index in [2.05, 4.69) is 20.6 Å². The molecule has 4 rings (SSSR count). The number of aromatic amines is 2. The average molecular weight is 402 g/mol. The second-order valence-electron chi connectivity index (χ2n) is 4.99. The van der Waals surface area contributed by atoms with Gasteiger partial charge < -0.3 is 30.2 Å². The normalized spacial score (nSPS) is 9.71. The van der Waals surface area contributed by atoms with Gasteiger partial charge in [0.25, 0.3) is 0 Å². The van der Waals surface area contributed by atoms with Crippen LogP contribution in [-0.4, -0.2) is 32.6 Å². The molecule has 0 atom stereocenters. The van der Waals surface area contributed by atoms with E-state index in [0.717, 1.165) is 0 Å². The van der Waals surface area contributed by atoms with Crippen molar-refractivity contribution in [3.05, 3.63) is 57.9 Å². The van der Waals surface area contributed by atoms with Crippen molar-refractivity contribution in [1.82, 2.24) is 20.6 Å². The van der Waals surface area contributed by atoms with Gasteiger partial charge in [0.1, 0.15) is 0 Å². The number of aromatic carboxylic acids is 2. The molecule has 0 aliphatic carbocycles. The molecule has 0 amide bonds. The third kappa shape index (κ3) is 4.98. The van der Waals surface area contributed by atoms with Crippen LogP contribution in [0.15, 0.2) is 36.4 Å². The quantitative estimate of drug-likeness (QED) is 0.187. The van der Waals surface area contributed by atoms with Crippen LogP contribution in [-0.2, 0) is 0 Å². The summed E-state index contributed by atoms with van der Waals surface area (Å²) in [5.74, 6) is -2.63. The molecular weight excluding hydrogens is 394 g/mol. The molecule has 0 radical (unpaired) electrons. The summed E-state index contributed by atoms with van der Waals surface area (Å²) in [5.41, 5.74) is 1.11. The monoisotopic (exact) mass is 402 g/mol. The van der Waals surface area contributed by atoms with Crippen molar-refractivity contribution < 1.29 is 88.6 Å². The van der Waals surface area contributed by atoms with E-state index in [0.29, 0.717) is 20.7 Å². The first kappa shape index (κ1) is 23.8. The summed E-state index contributed by atoms with van der Waals surface area (Å²) in [5, 5.41) is 54.3. The van der Waals surface area contributed by atoms with Gasteiger partial charge >= 0.3 is 59.1 Å². The summed E-state index contributed by atoms with van der Waals surface area (Å²) in [6.07, 6.45) is 0. The first-order valence-corrected chi connectivity index (χ1v) is 6.95. The maximum Gasteiger partial charge on any atom is 1.00 e. The Hall–Kier alpha value is -2.22. The van der Waals surface area contributed by atoms with Gasteiger partial charge in [-0.2, -0.15) is 9.69 Å². The number of hydrogen-bond acceptors (Lipinski definition) is 8. The van der Waals surface area contributed by atoms with E-state index in [4.69, 9.17) is 0 Å². The van der Waals surface area contributed by atoms with Crippen molar-refractivity contribution in [3.8, 4) is 0 Å². The number of rotatable bonds is 2. The number of hydrogen-bond donors (Lipinski definition) is 2. The minimum atomic E-state index is -1.32. The molecule has 4 aromatic rings. The molecule has 0 bridgehead atoms. The van der Waals surface area contributed by atoms with Crippen LogP contribution >= 0.6 is 0 Å². The average Bonchev–Trinajstić information content (AvgIpc) is 3.18. The minimum Gasteiger partial charge on any atom is -0.692 e. The fourth-order valence-electron chi connectivity index (χ4n) is 2.12. The fourth-order valence-corrected chi connectivity index (χ4v) is 2.12. The second-order valence-corrected chi connectivity index (χ2v) is 4.99. The molecule has 2 N–H and O–H groups in total. The van der Waals surface area contributed by atoms with Crippen LogP contribution in [0, 0.1) is 10.4 Å². The summed E-state index contributed by atoms with van der Waals surface area (Å²) in [4.78, 5) is 21.6. The van der Waals surface area contributed by atoms with Gasteiger partial charge in [0.15, 0.2) is 0 Å². The topological polar surface area (TPSA) is 191 Å². The van der Waals surface area contributed by atoms with Gasteiger partial charge in [-0.3, -0.25) is 0 Å². The zero-order valence-corrected chi connectivity index (χ0v) is 18.7. The predicted octanol–water partition coefficient (Wildman–Crippen LogP) is -8.87. The maximum atomic E-state index is 10.9. The van der Waals surface area contributed by atoms with Crippen LogP contribution < -0.4 is 79.0 Å². The number of carbonyl (C=O) groups excluding carboxylic acids is 2. The van der Waals surface area contributed by atoms with Crippen LogP contribution in [0.1, 0.15) is 20.7 Å². The molecule has 12 nitrogen and oxygen atoms in total. The van der Waals surface area contributed by atoms with Crippen LogP contribution in [0.4, 0.5) is 0 Å². The van der Waals surface area contributed by atoms with Gasteiger partial charge in [0.2, 0.25) is 22.1 Å². The predicted molar refractivity (Wildman–Crippen MR) is 78.8 cm³/mol. The zero-order chi connectivity index (χ0) is 18.8. The number of carboxylic acid groups (broad SMARTS) is 2. The molecule has 0 saturated heterocycles. The van der Waals surface area contributed by atoms with Crippen molar-refractivity contribution >= 4 is 34.0 Å². The molecule has 14 heteroatoms. The Kier molecular flexibility index (Phi) is 8.35. The number of nitrogens with zero attached hydrogens (tertiary/aromatic N) is 4. The number of carbonyl (C=O) groups is 2. The van der Waals surface area contributed by atoms with E-state index in [9.17, 15) is 30.2 Å². The second kappa shape index (κ2) is 9.82. The molecule has 132 valence electrons. The van der Waals surface area contributed by atoms with E-state index in [1.807, 2.05) is 0 Å². The van der Waals surface area contributed by atoms with Crippen LogP contribution in [0.25, 0.3) is 22.1 Å². The molecular formula is C14H8N6Na2O6. The number of carboxylic acids is 2. The third-order valence-electron chi connectivity index (χ3n) is 3.38.